The van der Waals surface area contributed by atoms with Gasteiger partial charge in [-0.3, -0.25) is 0 Å². The van der Waals surface area contributed by atoms with Gasteiger partial charge in [0.15, 0.2) is 0 Å². The van der Waals surface area contributed by atoms with Gasteiger partial charge in [0.05, 0.1) is 17.5 Å². The predicted octanol–water partition coefficient (Wildman–Crippen LogP) is 3.71. The molecule has 8 nitrogen and oxygen atoms in total. The van der Waals surface area contributed by atoms with Crippen molar-refractivity contribution in [2.75, 3.05) is 40.0 Å². The van der Waals surface area contributed by atoms with Crippen LogP contribution in [0.15, 0.2) is 53.0 Å². The van der Waals surface area contributed by atoms with Gasteiger partial charge < -0.3 is 18.0 Å². The van der Waals surface area contributed by atoms with Crippen molar-refractivity contribution >= 4 is 24.8 Å². The summed E-state index contributed by atoms with van der Waals surface area (Å²) < 4.78 is 52.4. The lowest BCUT2D eigenvalue weighted by molar-refractivity contribution is -0.136. The molecular weight excluding hydrogens is 486 g/mol. The van der Waals surface area contributed by atoms with Gasteiger partial charge in [-0.15, -0.1) is 0 Å². The van der Waals surface area contributed by atoms with Gasteiger partial charge in [0.25, 0.3) is 0 Å². The number of hydrogen-bond donors (Lipinski definition) is 0. The van der Waals surface area contributed by atoms with Gasteiger partial charge in [-0.2, -0.15) is 4.31 Å². The molecule has 10 heteroatoms. The van der Waals surface area contributed by atoms with Gasteiger partial charge in [0.2, 0.25) is 10.0 Å². The predicted molar refractivity (Wildman–Crippen MR) is 135 cm³/mol. The van der Waals surface area contributed by atoms with E-state index in [1.807, 2.05) is 33.8 Å². The van der Waals surface area contributed by atoms with E-state index in [2.05, 4.69) is 6.58 Å². The Morgan fingerprint density at radius 2 is 1.63 bits per heavy atom. The zero-order chi connectivity index (χ0) is 25.8. The fraction of sp³-hybridized carbons (Fsp3) is 0.560. The lowest BCUT2D eigenvalue weighted by Crippen LogP contribution is -2.53. The SMILES string of the molecule is C=C1CC(C(=O)OC)=C[C@@H]([Si](OCC)(OCC)OCC)[C@@H]2CN(S(=O)(=O)c3ccc(C)cc3)C[C@H]12. The van der Waals surface area contributed by atoms with E-state index < -0.39 is 30.3 Å². The summed E-state index contributed by atoms with van der Waals surface area (Å²) in [4.78, 5) is 12.9. The maximum Gasteiger partial charge on any atom is 0.508 e. The van der Waals surface area contributed by atoms with E-state index in [4.69, 9.17) is 18.0 Å². The Balaban J connectivity index is 2.10. The lowest BCUT2D eigenvalue weighted by atomic mass is 9.87. The minimum atomic E-state index is -3.72. The lowest BCUT2D eigenvalue weighted by Gasteiger charge is -2.37. The molecule has 0 saturated carbocycles. The third kappa shape index (κ3) is 5.62. The number of carbonyl (C=O) groups excluding carboxylic acids is 1. The molecule has 0 unspecified atom stereocenters. The zero-order valence-electron chi connectivity index (χ0n) is 21.3. The fourth-order valence-electron chi connectivity index (χ4n) is 5.07. The second-order valence-electron chi connectivity index (χ2n) is 8.85. The van der Waals surface area contributed by atoms with Gasteiger partial charge in [-0.05, 0) is 51.7 Å². The van der Waals surface area contributed by atoms with Crippen molar-refractivity contribution in [1.29, 1.82) is 0 Å². The minimum absolute atomic E-state index is 0.188. The number of benzene rings is 1. The van der Waals surface area contributed by atoms with Crippen LogP contribution in [0, 0.1) is 18.8 Å². The topological polar surface area (TPSA) is 91.4 Å². The number of methoxy groups -OCH3 is 1. The van der Waals surface area contributed by atoms with Crippen LogP contribution in [0.4, 0.5) is 0 Å². The summed E-state index contributed by atoms with van der Waals surface area (Å²) in [6, 6.07) is 6.87. The van der Waals surface area contributed by atoms with Crippen molar-refractivity contribution in [2.45, 2.75) is 44.6 Å². The van der Waals surface area contributed by atoms with Crippen molar-refractivity contribution in [2.24, 2.45) is 11.8 Å². The fourth-order valence-corrected chi connectivity index (χ4v) is 9.88. The Bertz CT molecular complexity index is 1040. The van der Waals surface area contributed by atoms with E-state index in [1.165, 1.54) is 11.4 Å². The number of allylic oxidation sites excluding steroid dienone is 1. The highest BCUT2D eigenvalue weighted by Crippen LogP contribution is 2.49. The largest absolute Gasteiger partial charge is 0.508 e. The molecule has 1 aromatic carbocycles. The number of ether oxygens (including phenoxy) is 1. The van der Waals surface area contributed by atoms with Crippen LogP contribution >= 0.6 is 0 Å². The van der Waals surface area contributed by atoms with Crippen LogP contribution in [0.25, 0.3) is 0 Å². The molecule has 2 aliphatic rings. The van der Waals surface area contributed by atoms with Crippen molar-refractivity contribution in [3.8, 4) is 0 Å². The van der Waals surface area contributed by atoms with Gasteiger partial charge in [-0.25, -0.2) is 13.2 Å². The molecule has 1 aliphatic carbocycles. The van der Waals surface area contributed by atoms with Crippen LogP contribution in [0.5, 0.6) is 0 Å². The molecule has 0 aromatic heterocycles. The smallest absolute Gasteiger partial charge is 0.466 e. The molecule has 3 atom stereocenters. The molecule has 194 valence electrons. The molecule has 1 heterocycles. The Morgan fingerprint density at radius 1 is 1.06 bits per heavy atom. The molecule has 0 spiro atoms. The standard InChI is InChI=1S/C25H37NO7SSi/c1-7-31-35(32-8-2,33-9-3)24-15-20(25(27)30-6)14-19(5)22-16-26(17-23(22)24)34(28,29)21-12-10-18(4)11-13-21/h10-13,15,22-24H,5,7-9,14,16-17H2,1-4,6H3/t22-,23-,24-/m1/s1. The zero-order valence-corrected chi connectivity index (χ0v) is 23.1. The van der Waals surface area contributed by atoms with Gasteiger partial charge in [-0.1, -0.05) is 35.9 Å². The average molecular weight is 524 g/mol. The van der Waals surface area contributed by atoms with E-state index in [1.54, 1.807) is 24.3 Å². The van der Waals surface area contributed by atoms with Crippen LogP contribution in [0.2, 0.25) is 5.54 Å². The Hall–Kier alpha value is -1.82. The molecule has 1 fully saturated rings. The number of carbonyl (C=O) groups is 1. The average Bonchev–Trinajstić information content (AvgIpc) is 3.22. The van der Waals surface area contributed by atoms with Crippen LogP contribution in [-0.4, -0.2) is 67.5 Å². The van der Waals surface area contributed by atoms with E-state index in [0.717, 1.165) is 11.1 Å². The van der Waals surface area contributed by atoms with Gasteiger partial charge in [0.1, 0.15) is 0 Å². The van der Waals surface area contributed by atoms with Crippen LogP contribution in [0.1, 0.15) is 32.8 Å². The highest BCUT2D eigenvalue weighted by Gasteiger charge is 2.57. The van der Waals surface area contributed by atoms with Crippen molar-refractivity contribution < 1.29 is 31.2 Å². The molecule has 1 saturated heterocycles. The van der Waals surface area contributed by atoms with Crippen LogP contribution in [-0.2, 0) is 32.8 Å². The molecular formula is C25H37NO7SSi. The van der Waals surface area contributed by atoms with E-state index >= 15 is 0 Å². The number of rotatable bonds is 10. The number of nitrogens with zero attached hydrogens (tertiary/aromatic N) is 1. The van der Waals surface area contributed by atoms with Gasteiger partial charge >= 0.3 is 14.8 Å². The van der Waals surface area contributed by atoms with E-state index in [-0.39, 0.29) is 29.8 Å². The van der Waals surface area contributed by atoms with Crippen molar-refractivity contribution in [1.82, 2.24) is 4.31 Å². The summed E-state index contributed by atoms with van der Waals surface area (Å²) in [5, 5.41) is 0. The summed E-state index contributed by atoms with van der Waals surface area (Å²) in [5.74, 6) is -0.847. The Labute approximate surface area is 210 Å². The normalized spacial score (nSPS) is 23.5. The first-order chi connectivity index (χ1) is 16.6. The second-order valence-corrected chi connectivity index (χ2v) is 13.5. The molecule has 0 amide bonds. The van der Waals surface area contributed by atoms with E-state index in [0.29, 0.717) is 31.8 Å². The second kappa shape index (κ2) is 11.5. The molecule has 0 N–H and O–H groups in total. The van der Waals surface area contributed by atoms with Crippen molar-refractivity contribution in [3.05, 3.63) is 53.6 Å². The Morgan fingerprint density at radius 3 is 2.14 bits per heavy atom. The maximum absolute atomic E-state index is 13.6. The first kappa shape index (κ1) is 27.8. The summed E-state index contributed by atoms with van der Waals surface area (Å²) in [6.07, 6.45) is 2.15. The molecule has 1 aliphatic heterocycles. The molecule has 35 heavy (non-hydrogen) atoms. The third-order valence-corrected chi connectivity index (χ3v) is 12.0. The first-order valence-electron chi connectivity index (χ1n) is 12.1. The summed E-state index contributed by atoms with van der Waals surface area (Å²) in [6.45, 7) is 13.4. The number of sulfonamides is 1. The molecule has 3 rings (SSSR count). The molecule has 1 aromatic rings. The van der Waals surface area contributed by atoms with E-state index in [9.17, 15) is 13.2 Å². The van der Waals surface area contributed by atoms with Gasteiger partial charge in [0, 0.05) is 44.9 Å². The third-order valence-electron chi connectivity index (χ3n) is 6.67. The summed E-state index contributed by atoms with van der Waals surface area (Å²) in [5.41, 5.74) is 1.83. The summed E-state index contributed by atoms with van der Waals surface area (Å²) >= 11 is 0. The minimum Gasteiger partial charge on any atom is -0.466 e. The maximum atomic E-state index is 13.6. The van der Waals surface area contributed by atoms with Crippen molar-refractivity contribution in [3.63, 3.8) is 0 Å². The summed E-state index contributed by atoms with van der Waals surface area (Å²) in [7, 11) is -5.73. The highest BCUT2D eigenvalue weighted by atomic mass is 32.2. The van der Waals surface area contributed by atoms with Crippen LogP contribution in [0.3, 0.4) is 0 Å². The molecule has 0 bridgehead atoms. The highest BCUT2D eigenvalue weighted by molar-refractivity contribution is 7.89. The number of fused-ring (bicyclic) bond motifs is 1. The number of esters is 1. The quantitative estimate of drug-likeness (QED) is 0.262. The monoisotopic (exact) mass is 523 g/mol. The number of aryl methyl sites for hydroxylation is 1. The first-order valence-corrected chi connectivity index (χ1v) is 15.3. The van der Waals surface area contributed by atoms with Crippen LogP contribution < -0.4 is 0 Å². The molecule has 0 radical (unpaired) electrons. The number of hydrogen-bond acceptors (Lipinski definition) is 7. The Kier molecular flexibility index (Phi) is 9.11.